The predicted molar refractivity (Wildman–Crippen MR) is 102 cm³/mol. The molecule has 0 aliphatic carbocycles. The van der Waals surface area contributed by atoms with Gasteiger partial charge in [0.05, 0.1) is 24.3 Å². The highest BCUT2D eigenvalue weighted by Crippen LogP contribution is 2.48. The van der Waals surface area contributed by atoms with E-state index in [1.807, 2.05) is 19.1 Å². The number of amides is 2. The topological polar surface area (TPSA) is 66.0 Å². The van der Waals surface area contributed by atoms with E-state index in [2.05, 4.69) is 15.0 Å². The van der Waals surface area contributed by atoms with Gasteiger partial charge in [-0.3, -0.25) is 14.6 Å². The summed E-state index contributed by atoms with van der Waals surface area (Å²) in [5.41, 5.74) is 1.64. The van der Waals surface area contributed by atoms with Crippen molar-refractivity contribution in [2.45, 2.75) is 25.4 Å². The van der Waals surface area contributed by atoms with Crippen LogP contribution in [0, 0.1) is 5.92 Å². The lowest BCUT2D eigenvalue weighted by Crippen LogP contribution is -2.44. The van der Waals surface area contributed by atoms with E-state index in [0.717, 1.165) is 30.8 Å². The van der Waals surface area contributed by atoms with E-state index in [1.54, 1.807) is 36.7 Å². The molecule has 7 heteroatoms. The van der Waals surface area contributed by atoms with Crippen LogP contribution in [0.5, 0.6) is 5.75 Å². The molecule has 3 atom stereocenters. The van der Waals surface area contributed by atoms with E-state index in [0.29, 0.717) is 12.3 Å². The van der Waals surface area contributed by atoms with Crippen LogP contribution >= 0.6 is 0 Å². The molecule has 0 radical (unpaired) electrons. The Labute approximate surface area is 163 Å². The molecule has 1 aromatic heterocycles. The van der Waals surface area contributed by atoms with Crippen molar-refractivity contribution < 1.29 is 14.3 Å². The van der Waals surface area contributed by atoms with Crippen molar-refractivity contribution >= 4 is 17.5 Å². The van der Waals surface area contributed by atoms with Crippen molar-refractivity contribution in [3.8, 4) is 5.75 Å². The van der Waals surface area contributed by atoms with Crippen LogP contribution < -0.4 is 9.64 Å². The third kappa shape index (κ3) is 2.47. The highest BCUT2D eigenvalue weighted by atomic mass is 16.5. The quantitative estimate of drug-likeness (QED) is 0.759. The fourth-order valence-corrected chi connectivity index (χ4v) is 4.79. The summed E-state index contributed by atoms with van der Waals surface area (Å²) in [6, 6.07) is 10.5. The SMILES string of the molecule is CCOc1ccc(N2C(=O)C3C(C2=O)N2CCCN2C3c2ccncc2)cc1. The number of anilines is 1. The van der Waals surface area contributed by atoms with Crippen LogP contribution in [0.3, 0.4) is 0 Å². The Bertz CT molecular complexity index is 902. The molecule has 2 amide bonds. The van der Waals surface area contributed by atoms with Crippen LogP contribution in [-0.2, 0) is 9.59 Å². The van der Waals surface area contributed by atoms with Crippen LogP contribution in [0.1, 0.15) is 24.9 Å². The molecule has 3 fully saturated rings. The van der Waals surface area contributed by atoms with E-state index in [1.165, 1.54) is 4.90 Å². The highest BCUT2D eigenvalue weighted by molar-refractivity contribution is 6.24. The Morgan fingerprint density at radius 1 is 0.964 bits per heavy atom. The largest absolute Gasteiger partial charge is 0.494 e. The third-order valence-corrected chi connectivity index (χ3v) is 5.86. The van der Waals surface area contributed by atoms with Gasteiger partial charge in [0.2, 0.25) is 5.91 Å². The fourth-order valence-electron chi connectivity index (χ4n) is 4.79. The monoisotopic (exact) mass is 378 g/mol. The number of hydrogen-bond donors (Lipinski definition) is 0. The minimum absolute atomic E-state index is 0.125. The number of rotatable bonds is 4. The molecule has 0 N–H and O–H groups in total. The lowest BCUT2D eigenvalue weighted by molar-refractivity contribution is -0.126. The Morgan fingerprint density at radius 3 is 2.32 bits per heavy atom. The molecule has 3 saturated heterocycles. The van der Waals surface area contributed by atoms with Gasteiger partial charge in [-0.15, -0.1) is 0 Å². The maximum Gasteiger partial charge on any atom is 0.253 e. The Hall–Kier alpha value is -2.77. The lowest BCUT2D eigenvalue weighted by atomic mass is 9.90. The molecule has 4 heterocycles. The average Bonchev–Trinajstić information content (AvgIpc) is 3.36. The van der Waals surface area contributed by atoms with Crippen LogP contribution in [0.2, 0.25) is 0 Å². The van der Waals surface area contributed by atoms with Crippen LogP contribution in [0.15, 0.2) is 48.8 Å². The lowest BCUT2D eigenvalue weighted by Gasteiger charge is -2.29. The average molecular weight is 378 g/mol. The van der Waals surface area contributed by atoms with Crippen LogP contribution in [0.25, 0.3) is 0 Å². The van der Waals surface area contributed by atoms with Gasteiger partial charge in [-0.25, -0.2) is 14.9 Å². The van der Waals surface area contributed by atoms with Crippen molar-refractivity contribution in [1.29, 1.82) is 0 Å². The standard InChI is InChI=1S/C21H22N4O3/c1-2-28-16-6-4-15(5-7-16)25-20(26)17-18(14-8-10-22-11-9-14)23-12-3-13-24(23)19(17)21(25)27/h4-11,17-19H,2-3,12-13H2,1H3. The molecule has 1 aromatic carbocycles. The van der Waals surface area contributed by atoms with Gasteiger partial charge in [0.25, 0.3) is 5.91 Å². The molecule has 3 aliphatic rings. The molecule has 3 aliphatic heterocycles. The second-order valence-electron chi connectivity index (χ2n) is 7.31. The summed E-state index contributed by atoms with van der Waals surface area (Å²) >= 11 is 0. The van der Waals surface area contributed by atoms with Gasteiger partial charge >= 0.3 is 0 Å². The molecular formula is C21H22N4O3. The molecule has 5 rings (SSSR count). The first-order valence-electron chi connectivity index (χ1n) is 9.74. The summed E-state index contributed by atoms with van der Waals surface area (Å²) in [7, 11) is 0. The zero-order chi connectivity index (χ0) is 19.3. The minimum Gasteiger partial charge on any atom is -0.494 e. The summed E-state index contributed by atoms with van der Waals surface area (Å²) in [5, 5.41) is 4.31. The number of fused-ring (bicyclic) bond motifs is 3. The molecule has 2 aromatic rings. The Kier molecular flexibility index (Phi) is 4.14. The minimum atomic E-state index is -0.431. The molecule has 144 valence electrons. The number of ether oxygens (including phenoxy) is 1. The smallest absolute Gasteiger partial charge is 0.253 e. The third-order valence-electron chi connectivity index (χ3n) is 5.86. The number of benzene rings is 1. The first-order chi connectivity index (χ1) is 13.7. The summed E-state index contributed by atoms with van der Waals surface area (Å²) in [4.78, 5) is 32.2. The van der Waals surface area contributed by atoms with Crippen LogP contribution in [-0.4, -0.2) is 52.6 Å². The van der Waals surface area contributed by atoms with E-state index in [4.69, 9.17) is 4.74 Å². The van der Waals surface area contributed by atoms with E-state index < -0.39 is 12.0 Å². The molecule has 28 heavy (non-hydrogen) atoms. The zero-order valence-electron chi connectivity index (χ0n) is 15.7. The first kappa shape index (κ1) is 17.3. The second-order valence-corrected chi connectivity index (χ2v) is 7.31. The molecule has 7 nitrogen and oxygen atoms in total. The maximum atomic E-state index is 13.4. The van der Waals surface area contributed by atoms with Crippen molar-refractivity contribution in [1.82, 2.24) is 15.0 Å². The Morgan fingerprint density at radius 2 is 1.64 bits per heavy atom. The van der Waals surface area contributed by atoms with Crippen LogP contribution in [0.4, 0.5) is 5.69 Å². The number of hydrogen-bond acceptors (Lipinski definition) is 6. The molecule has 0 bridgehead atoms. The van der Waals surface area contributed by atoms with Gasteiger partial charge in [-0.05, 0) is 55.3 Å². The molecule has 0 saturated carbocycles. The van der Waals surface area contributed by atoms with Gasteiger partial charge in [-0.2, -0.15) is 0 Å². The van der Waals surface area contributed by atoms with Gasteiger partial charge < -0.3 is 4.74 Å². The van der Waals surface area contributed by atoms with Gasteiger partial charge in [-0.1, -0.05) is 0 Å². The highest BCUT2D eigenvalue weighted by Gasteiger charge is 2.62. The first-order valence-corrected chi connectivity index (χ1v) is 9.74. The fraction of sp³-hybridized carbons (Fsp3) is 0.381. The van der Waals surface area contributed by atoms with E-state index >= 15 is 0 Å². The molecule has 3 unspecified atom stereocenters. The Balaban J connectivity index is 1.52. The number of aromatic nitrogens is 1. The maximum absolute atomic E-state index is 13.4. The summed E-state index contributed by atoms with van der Waals surface area (Å²) in [6.07, 6.45) is 4.48. The number of imide groups is 1. The van der Waals surface area contributed by atoms with Gasteiger partial charge in [0.15, 0.2) is 0 Å². The number of carbonyl (C=O) groups is 2. The van der Waals surface area contributed by atoms with E-state index in [-0.39, 0.29) is 17.9 Å². The molecular weight excluding hydrogens is 356 g/mol. The van der Waals surface area contributed by atoms with Crippen molar-refractivity contribution in [3.63, 3.8) is 0 Å². The predicted octanol–water partition coefficient (Wildman–Crippen LogP) is 2.02. The summed E-state index contributed by atoms with van der Waals surface area (Å²) in [6.45, 7) is 4.16. The summed E-state index contributed by atoms with van der Waals surface area (Å²) in [5.74, 6) is 0.0608. The zero-order valence-corrected chi connectivity index (χ0v) is 15.7. The van der Waals surface area contributed by atoms with Crippen molar-refractivity contribution in [2.75, 3.05) is 24.6 Å². The molecule has 0 spiro atoms. The number of nitrogens with zero attached hydrogens (tertiary/aromatic N) is 4. The number of pyridine rings is 1. The van der Waals surface area contributed by atoms with Crippen molar-refractivity contribution in [2.24, 2.45) is 5.92 Å². The normalized spacial score (nSPS) is 27.3. The van der Waals surface area contributed by atoms with Gasteiger partial charge in [0, 0.05) is 25.5 Å². The number of hydrazine groups is 1. The summed E-state index contributed by atoms with van der Waals surface area (Å²) < 4.78 is 5.47. The van der Waals surface area contributed by atoms with Gasteiger partial charge in [0.1, 0.15) is 11.8 Å². The number of carbonyl (C=O) groups excluding carboxylic acids is 2. The van der Waals surface area contributed by atoms with Crippen molar-refractivity contribution in [3.05, 3.63) is 54.4 Å². The second kappa shape index (κ2) is 6.68. The van der Waals surface area contributed by atoms with E-state index in [9.17, 15) is 9.59 Å².